The van der Waals surface area contributed by atoms with Gasteiger partial charge in [-0.3, -0.25) is 27.5 Å². The summed E-state index contributed by atoms with van der Waals surface area (Å²) >= 11 is 0. The fourth-order valence-electron chi connectivity index (χ4n) is 5.52. The van der Waals surface area contributed by atoms with Crippen molar-refractivity contribution >= 4 is 50.4 Å². The van der Waals surface area contributed by atoms with Crippen molar-refractivity contribution in [2.75, 3.05) is 18.9 Å². The summed E-state index contributed by atoms with van der Waals surface area (Å²) < 4.78 is 90.7. The van der Waals surface area contributed by atoms with Crippen LogP contribution in [0.3, 0.4) is 0 Å². The molecule has 2 bridgehead atoms. The lowest BCUT2D eigenvalue weighted by molar-refractivity contribution is -0.0675. The van der Waals surface area contributed by atoms with Crippen molar-refractivity contribution < 1.29 is 65.2 Å². The maximum Gasteiger partial charge on any atom is 0.472 e. The molecule has 5 N–H and O–H groups in total. The lowest BCUT2D eigenvalue weighted by Gasteiger charge is -2.26. The molecule has 3 saturated heterocycles. The molecule has 0 saturated carbocycles. The fraction of sp³-hybridized carbons (Fsp3) is 0.500. The zero-order valence-electron chi connectivity index (χ0n) is 22.5. The molecule has 3 aromatic heterocycles. The second-order valence-corrected chi connectivity index (χ2v) is 13.2. The van der Waals surface area contributed by atoms with E-state index >= 15 is 4.39 Å². The van der Waals surface area contributed by atoms with Gasteiger partial charge in [0.2, 0.25) is 0 Å². The molecule has 0 amide bonds. The molecule has 10 atom stereocenters. The first-order valence-electron chi connectivity index (χ1n) is 13.2. The van der Waals surface area contributed by atoms with E-state index in [9.17, 15) is 33.2 Å². The number of aliphatic hydroxyl groups is 1. The Morgan fingerprint density at radius 3 is 2.42 bits per heavy atom. The fourth-order valence-corrected chi connectivity index (χ4v) is 7.40. The first-order valence-corrected chi connectivity index (χ1v) is 16.2. The number of nitrogen functional groups attached to an aromatic ring is 1. The number of ether oxygens (including phenoxy) is 2. The summed E-state index contributed by atoms with van der Waals surface area (Å²) in [5.74, 6) is -1.81. The van der Waals surface area contributed by atoms with E-state index < -0.39 is 89.6 Å². The quantitative estimate of drug-likeness (QED) is 0.274. The van der Waals surface area contributed by atoms with E-state index in [-0.39, 0.29) is 34.8 Å². The van der Waals surface area contributed by atoms with Crippen molar-refractivity contribution in [3.63, 3.8) is 0 Å². The van der Waals surface area contributed by atoms with Gasteiger partial charge in [-0.2, -0.15) is 0 Å². The molecule has 7 rings (SSSR count). The summed E-state index contributed by atoms with van der Waals surface area (Å²) in [5, 5.41) is 11.0. The second-order valence-electron chi connectivity index (χ2n) is 10.3. The maximum absolute atomic E-state index is 15.9. The lowest BCUT2D eigenvalue weighted by Crippen LogP contribution is -2.35. The summed E-state index contributed by atoms with van der Waals surface area (Å²) in [6.07, 6.45) is -10.1. The summed E-state index contributed by atoms with van der Waals surface area (Å²) in [4.78, 5) is 49.3. The van der Waals surface area contributed by atoms with Gasteiger partial charge >= 0.3 is 15.6 Å². The van der Waals surface area contributed by atoms with Crippen molar-refractivity contribution in [3.8, 4) is 0 Å². The number of carbonyl (C=O) groups excluding carboxylic acids is 1. The summed E-state index contributed by atoms with van der Waals surface area (Å²) in [6, 6.07) is 0. The number of fused-ring (bicyclic) bond motifs is 5. The Morgan fingerprint density at radius 1 is 0.978 bits per heavy atom. The summed E-state index contributed by atoms with van der Waals surface area (Å²) in [7, 11) is -10.4. The van der Waals surface area contributed by atoms with Crippen LogP contribution in [0.4, 0.5) is 20.4 Å². The zero-order valence-corrected chi connectivity index (χ0v) is 24.3. The molecule has 242 valence electrons. The minimum Gasteiger partial charge on any atom is -0.387 e. The van der Waals surface area contributed by atoms with E-state index in [0.29, 0.717) is 0 Å². The van der Waals surface area contributed by atoms with Crippen LogP contribution >= 0.6 is 15.6 Å². The highest BCUT2D eigenvalue weighted by Gasteiger charge is 2.54. The Balaban J connectivity index is 1.20. The molecule has 19 nitrogen and oxygen atoms in total. The van der Waals surface area contributed by atoms with Crippen LogP contribution in [0.15, 0.2) is 23.8 Å². The number of anilines is 1. The number of aromatic nitrogens is 5. The molecule has 23 heteroatoms. The van der Waals surface area contributed by atoms with Crippen molar-refractivity contribution in [1.29, 1.82) is 0 Å². The number of carbonyl (C=O) groups is 1. The number of Topliss-reactive ketones (excluding diaryl/α,β-unsaturated/α-hetero) is 1. The first-order chi connectivity index (χ1) is 21.3. The van der Waals surface area contributed by atoms with Crippen LogP contribution in [0, 0.1) is 5.82 Å². The van der Waals surface area contributed by atoms with Crippen molar-refractivity contribution in [2.24, 2.45) is 4.99 Å². The molecule has 4 aliphatic heterocycles. The molecule has 7 heterocycles. The maximum atomic E-state index is 15.9. The van der Waals surface area contributed by atoms with Gasteiger partial charge in [0.05, 0.1) is 25.1 Å². The van der Waals surface area contributed by atoms with Gasteiger partial charge in [0.25, 0.3) is 0 Å². The van der Waals surface area contributed by atoms with Gasteiger partial charge in [-0.25, -0.2) is 37.9 Å². The third kappa shape index (κ3) is 5.33. The largest absolute Gasteiger partial charge is 0.472 e. The highest BCUT2D eigenvalue weighted by Crippen LogP contribution is 2.54. The first kappa shape index (κ1) is 30.6. The molecule has 45 heavy (non-hydrogen) atoms. The average molecular weight is 677 g/mol. The van der Waals surface area contributed by atoms with Crippen LogP contribution in [-0.4, -0.2) is 101 Å². The number of nitrogens with two attached hydrogens (primary N) is 1. The number of nitrogens with zero attached hydrogens (tertiary/aromatic N) is 6. The highest BCUT2D eigenvalue weighted by atomic mass is 31.2. The summed E-state index contributed by atoms with van der Waals surface area (Å²) in [6.45, 7) is -1.83. The normalized spacial score (nSPS) is 38.8. The van der Waals surface area contributed by atoms with Crippen LogP contribution in [0.5, 0.6) is 0 Å². The number of rotatable bonds is 2. The molecule has 4 aliphatic rings. The Kier molecular flexibility index (Phi) is 7.49. The molecule has 2 unspecified atom stereocenters. The van der Waals surface area contributed by atoms with Gasteiger partial charge in [-0.05, 0) is 0 Å². The number of aliphatic imine (C=N–C) groups is 1. The van der Waals surface area contributed by atoms with Crippen LogP contribution in [-0.2, 0) is 36.7 Å². The third-order valence-electron chi connectivity index (χ3n) is 7.56. The number of imidazole rings is 1. The van der Waals surface area contributed by atoms with Gasteiger partial charge in [-0.15, -0.1) is 0 Å². The second kappa shape index (κ2) is 11.0. The molecule has 0 aromatic carbocycles. The van der Waals surface area contributed by atoms with E-state index in [1.54, 1.807) is 0 Å². The Morgan fingerprint density at radius 2 is 1.67 bits per heavy atom. The van der Waals surface area contributed by atoms with Gasteiger partial charge in [0, 0.05) is 18.8 Å². The molecular weight excluding hydrogens is 654 g/mol. The van der Waals surface area contributed by atoms with E-state index in [1.165, 1.54) is 6.21 Å². The van der Waals surface area contributed by atoms with Crippen LogP contribution in [0.25, 0.3) is 11.2 Å². The Hall–Kier alpha value is -3.07. The molecule has 0 spiro atoms. The molecular formula is C22H23F2N7O12P2. The number of ketones is 1. The number of halogens is 2. The topological polar surface area (TPSA) is 254 Å². The highest BCUT2D eigenvalue weighted by molar-refractivity contribution is 7.47. The molecule has 0 radical (unpaired) electrons. The van der Waals surface area contributed by atoms with Crippen molar-refractivity contribution in [1.82, 2.24) is 24.1 Å². The van der Waals surface area contributed by atoms with Gasteiger partial charge in [-0.1, -0.05) is 0 Å². The van der Waals surface area contributed by atoms with Gasteiger partial charge in [0.15, 0.2) is 41.7 Å². The minimum atomic E-state index is -5.19. The van der Waals surface area contributed by atoms with Crippen LogP contribution in [0.2, 0.25) is 0 Å². The predicted octanol–water partition coefficient (Wildman–Crippen LogP) is 0.850. The van der Waals surface area contributed by atoms with E-state index in [1.807, 2.05) is 0 Å². The van der Waals surface area contributed by atoms with E-state index in [0.717, 1.165) is 28.0 Å². The number of phosphoric ester groups is 2. The third-order valence-corrected chi connectivity index (χ3v) is 9.53. The minimum absolute atomic E-state index is 0.0140. The predicted molar refractivity (Wildman–Crippen MR) is 141 cm³/mol. The average Bonchev–Trinajstić information content (AvgIpc) is 3.71. The number of hydrogen-bond acceptors (Lipinski definition) is 15. The Labute approximate surface area is 249 Å². The van der Waals surface area contributed by atoms with Gasteiger partial charge in [0.1, 0.15) is 48.2 Å². The zero-order chi connectivity index (χ0) is 31.8. The Bertz CT molecular complexity index is 1810. The number of phosphoric acid groups is 2. The smallest absolute Gasteiger partial charge is 0.387 e. The van der Waals surface area contributed by atoms with Gasteiger partial charge < -0.3 is 34.7 Å². The molecule has 3 fully saturated rings. The number of hydrogen-bond donors (Lipinski definition) is 4. The molecule has 3 aromatic rings. The lowest BCUT2D eigenvalue weighted by atomic mass is 10.1. The van der Waals surface area contributed by atoms with E-state index in [4.69, 9.17) is 33.3 Å². The number of alkyl halides is 1. The van der Waals surface area contributed by atoms with Crippen LogP contribution in [0.1, 0.15) is 29.2 Å². The van der Waals surface area contributed by atoms with Crippen LogP contribution < -0.4 is 5.73 Å². The number of aliphatic hydroxyl groups excluding tert-OH is 1. The van der Waals surface area contributed by atoms with E-state index in [2.05, 4.69) is 19.9 Å². The van der Waals surface area contributed by atoms with Crippen molar-refractivity contribution in [2.45, 2.75) is 55.6 Å². The van der Waals surface area contributed by atoms with Crippen molar-refractivity contribution in [3.05, 3.63) is 30.2 Å². The monoisotopic (exact) mass is 677 g/mol. The summed E-state index contributed by atoms with van der Waals surface area (Å²) in [5.41, 5.74) is 5.58. The standard InChI is InChI=1S/C22H23F2N7O12P2/c23-8-3-30(19-12(8)9(32)1-2-26-19)22-17-15(33)10(40-22)4-38-44(34,35)42-16-11(5-39-45(36,37)43-17)41-21(13(16)24)31-7-29-14-18(25)27-6-28-20(14)31/h2-3,6-7,10-11,13,15-17,21-22,33H,1,4-5H2,(H,34,35)(H,36,37)(H2,25,27,28)/t10-,11-,13-,15-,16-,17-,21-,22-/m1/s1. The molecule has 0 aliphatic carbocycles. The SMILES string of the molecule is Nc1ncnc2c1ncn2[C@@H]1O[C@@H]2COP(=O)(O)O[C@@H]3[C@H](O)[C@@H](COP(=O)(O)O[C@H]2[C@H]1F)O[C@H]3n1cc(F)c2c1N=CCC2=O.